The number of hydrogen-bond donors (Lipinski definition) is 1. The van der Waals surface area contributed by atoms with Crippen molar-refractivity contribution in [2.45, 2.75) is 6.54 Å². The molecular formula is C15H19N4+. The maximum atomic E-state index is 5.35. The molecule has 0 saturated carbocycles. The van der Waals surface area contributed by atoms with Crippen LogP contribution in [0.15, 0.2) is 54.6 Å². The molecule has 0 amide bonds. The summed E-state index contributed by atoms with van der Waals surface area (Å²) < 4.78 is 3.74. The van der Waals surface area contributed by atoms with E-state index in [4.69, 9.17) is 5.73 Å². The number of hydrogen-bond acceptors (Lipinski definition) is 2. The molecule has 3 rings (SSSR count). The fourth-order valence-electron chi connectivity index (χ4n) is 1.92. The quantitative estimate of drug-likeness (QED) is 0.671. The average molecular weight is 255 g/mol. The Labute approximate surface area is 113 Å². The molecule has 4 nitrogen and oxygen atoms in total. The molecule has 0 aliphatic rings. The van der Waals surface area contributed by atoms with Gasteiger partial charge in [0.05, 0.1) is 5.21 Å². The van der Waals surface area contributed by atoms with E-state index in [-0.39, 0.29) is 0 Å². The Balaban J connectivity index is 0.000000148. The normalized spacial score (nSPS) is 10.1. The highest BCUT2D eigenvalue weighted by Gasteiger charge is 2.09. The molecule has 0 aliphatic heterocycles. The summed E-state index contributed by atoms with van der Waals surface area (Å²) in [5.74, 6) is 0. The maximum Gasteiger partial charge on any atom is 0.197 e. The summed E-state index contributed by atoms with van der Waals surface area (Å²) in [6, 6.07) is 18.1. The first-order valence-corrected chi connectivity index (χ1v) is 6.24. The van der Waals surface area contributed by atoms with Crippen LogP contribution in [0.5, 0.6) is 0 Å². The van der Waals surface area contributed by atoms with Gasteiger partial charge in [0.25, 0.3) is 0 Å². The standard InChI is InChI=1S/C8H10N3.C7H9N/c1-10-7-5-3-4-6-8(7)11(2)9-10;8-6-7-4-2-1-3-5-7/h3-6H,1-2H3;1-5H,6,8H2/q+1;. The SMILES string of the molecule is Cn1n[n+](C)c2ccccc21.NCc1ccccc1. The summed E-state index contributed by atoms with van der Waals surface area (Å²) in [5.41, 5.74) is 8.86. The highest BCUT2D eigenvalue weighted by molar-refractivity contribution is 5.70. The summed E-state index contributed by atoms with van der Waals surface area (Å²) in [6.07, 6.45) is 0. The first kappa shape index (κ1) is 13.2. The van der Waals surface area contributed by atoms with Crippen molar-refractivity contribution in [1.82, 2.24) is 9.90 Å². The second-order valence-corrected chi connectivity index (χ2v) is 4.32. The molecule has 0 aliphatic carbocycles. The van der Waals surface area contributed by atoms with Crippen LogP contribution >= 0.6 is 0 Å². The van der Waals surface area contributed by atoms with E-state index in [1.807, 2.05) is 65.9 Å². The first-order chi connectivity index (χ1) is 9.22. The van der Waals surface area contributed by atoms with Crippen molar-refractivity contribution < 1.29 is 4.68 Å². The van der Waals surface area contributed by atoms with Crippen LogP contribution in [0.4, 0.5) is 0 Å². The van der Waals surface area contributed by atoms with Crippen LogP contribution < -0.4 is 10.4 Å². The minimum atomic E-state index is 0.640. The third-order valence-corrected chi connectivity index (χ3v) is 2.93. The molecule has 4 heteroatoms. The van der Waals surface area contributed by atoms with E-state index < -0.39 is 0 Å². The Morgan fingerprint density at radius 3 is 2.26 bits per heavy atom. The van der Waals surface area contributed by atoms with Crippen molar-refractivity contribution in [3.63, 3.8) is 0 Å². The van der Waals surface area contributed by atoms with Gasteiger partial charge in [-0.25, -0.2) is 0 Å². The Kier molecular flexibility index (Phi) is 4.26. The van der Waals surface area contributed by atoms with Gasteiger partial charge in [-0.2, -0.15) is 0 Å². The fraction of sp³-hybridized carbons (Fsp3) is 0.200. The molecule has 0 fully saturated rings. The summed E-state index contributed by atoms with van der Waals surface area (Å²) >= 11 is 0. The van der Waals surface area contributed by atoms with Crippen molar-refractivity contribution >= 4 is 11.0 Å². The van der Waals surface area contributed by atoms with E-state index in [9.17, 15) is 0 Å². The van der Waals surface area contributed by atoms with Crippen LogP contribution in [0.1, 0.15) is 5.56 Å². The van der Waals surface area contributed by atoms with Crippen LogP contribution in [-0.2, 0) is 20.6 Å². The molecule has 0 radical (unpaired) electrons. The van der Waals surface area contributed by atoms with Crippen molar-refractivity contribution in [3.8, 4) is 0 Å². The van der Waals surface area contributed by atoms with E-state index >= 15 is 0 Å². The second kappa shape index (κ2) is 6.11. The molecule has 98 valence electrons. The van der Waals surface area contributed by atoms with Gasteiger partial charge in [0, 0.05) is 6.54 Å². The Morgan fingerprint density at radius 2 is 1.68 bits per heavy atom. The number of aromatic nitrogens is 3. The molecule has 0 saturated heterocycles. The first-order valence-electron chi connectivity index (χ1n) is 6.24. The molecular weight excluding hydrogens is 236 g/mol. The minimum absolute atomic E-state index is 0.640. The topological polar surface area (TPSA) is 47.7 Å². The molecule has 3 aromatic rings. The molecule has 1 aromatic heterocycles. The number of para-hydroxylation sites is 2. The van der Waals surface area contributed by atoms with Gasteiger partial charge in [0.2, 0.25) is 0 Å². The van der Waals surface area contributed by atoms with E-state index in [0.29, 0.717) is 6.54 Å². The minimum Gasteiger partial charge on any atom is -0.326 e. The summed E-state index contributed by atoms with van der Waals surface area (Å²) in [6.45, 7) is 0.640. The molecule has 0 atom stereocenters. The Bertz CT molecular complexity index is 608. The smallest absolute Gasteiger partial charge is 0.197 e. The van der Waals surface area contributed by atoms with Crippen molar-refractivity contribution in [2.24, 2.45) is 19.8 Å². The summed E-state index contributed by atoms with van der Waals surface area (Å²) in [5, 5.41) is 4.22. The Morgan fingerprint density at radius 1 is 1.05 bits per heavy atom. The van der Waals surface area contributed by atoms with Gasteiger partial charge in [-0.15, -0.1) is 9.36 Å². The molecule has 2 aromatic carbocycles. The predicted octanol–water partition coefficient (Wildman–Crippen LogP) is 1.54. The van der Waals surface area contributed by atoms with Crippen LogP contribution in [0, 0.1) is 0 Å². The number of nitrogens with two attached hydrogens (primary N) is 1. The van der Waals surface area contributed by atoms with E-state index in [1.165, 1.54) is 5.56 Å². The summed E-state index contributed by atoms with van der Waals surface area (Å²) in [4.78, 5) is 0. The van der Waals surface area contributed by atoms with Crippen LogP contribution in [0.25, 0.3) is 11.0 Å². The van der Waals surface area contributed by atoms with Crippen molar-refractivity contribution in [3.05, 3.63) is 60.2 Å². The molecule has 2 N–H and O–H groups in total. The number of rotatable bonds is 1. The Hall–Kier alpha value is -2.20. The third kappa shape index (κ3) is 3.17. The lowest BCUT2D eigenvalue weighted by atomic mass is 10.2. The lowest BCUT2D eigenvalue weighted by Gasteiger charge is -1.90. The molecule has 0 unspecified atom stereocenters. The van der Waals surface area contributed by atoms with E-state index in [0.717, 1.165) is 11.0 Å². The number of nitrogens with zero attached hydrogens (tertiary/aromatic N) is 3. The zero-order valence-corrected chi connectivity index (χ0v) is 11.3. The zero-order chi connectivity index (χ0) is 13.7. The van der Waals surface area contributed by atoms with E-state index in [2.05, 4.69) is 17.3 Å². The van der Waals surface area contributed by atoms with Gasteiger partial charge in [0.15, 0.2) is 11.0 Å². The van der Waals surface area contributed by atoms with Gasteiger partial charge in [-0.1, -0.05) is 42.5 Å². The maximum absolute atomic E-state index is 5.35. The average Bonchev–Trinajstić information content (AvgIpc) is 2.76. The van der Waals surface area contributed by atoms with Gasteiger partial charge < -0.3 is 5.73 Å². The van der Waals surface area contributed by atoms with Crippen LogP contribution in [0.3, 0.4) is 0 Å². The molecule has 0 bridgehead atoms. The monoisotopic (exact) mass is 255 g/mol. The predicted molar refractivity (Wildman–Crippen MR) is 76.2 cm³/mol. The highest BCUT2D eigenvalue weighted by Crippen LogP contribution is 2.05. The van der Waals surface area contributed by atoms with Crippen molar-refractivity contribution in [2.75, 3.05) is 0 Å². The zero-order valence-electron chi connectivity index (χ0n) is 11.3. The van der Waals surface area contributed by atoms with Crippen molar-refractivity contribution in [1.29, 1.82) is 0 Å². The highest BCUT2D eigenvalue weighted by atomic mass is 15.5. The van der Waals surface area contributed by atoms with Crippen LogP contribution in [-0.4, -0.2) is 9.90 Å². The van der Waals surface area contributed by atoms with Gasteiger partial charge in [0.1, 0.15) is 14.1 Å². The lowest BCUT2D eigenvalue weighted by Crippen LogP contribution is -2.31. The molecule has 19 heavy (non-hydrogen) atoms. The lowest BCUT2D eigenvalue weighted by molar-refractivity contribution is -0.708. The number of fused-ring (bicyclic) bond motifs is 1. The number of aryl methyl sites for hydroxylation is 2. The van der Waals surface area contributed by atoms with Gasteiger partial charge >= 0.3 is 0 Å². The summed E-state index contributed by atoms with van der Waals surface area (Å²) in [7, 11) is 3.89. The number of benzene rings is 2. The molecule has 1 heterocycles. The molecule has 0 spiro atoms. The van der Waals surface area contributed by atoms with E-state index in [1.54, 1.807) is 0 Å². The van der Waals surface area contributed by atoms with Crippen LogP contribution in [0.2, 0.25) is 0 Å². The fourth-order valence-corrected chi connectivity index (χ4v) is 1.92. The largest absolute Gasteiger partial charge is 0.326 e. The third-order valence-electron chi connectivity index (χ3n) is 2.93. The van der Waals surface area contributed by atoms with Gasteiger partial charge in [-0.05, 0) is 17.7 Å². The van der Waals surface area contributed by atoms with Gasteiger partial charge in [-0.3, -0.25) is 0 Å². The second-order valence-electron chi connectivity index (χ2n) is 4.32.